The number of nitrogens with zero attached hydrogens (tertiary/aromatic N) is 1. The van der Waals surface area contributed by atoms with E-state index >= 15 is 0 Å². The first kappa shape index (κ1) is 15.1. The van der Waals surface area contributed by atoms with Crippen LogP contribution in [0.5, 0.6) is 0 Å². The molecule has 9 nitrogen and oxygen atoms in total. The van der Waals surface area contributed by atoms with Crippen molar-refractivity contribution in [2.24, 2.45) is 0 Å². The third-order valence-electron chi connectivity index (χ3n) is 2.79. The van der Waals surface area contributed by atoms with E-state index in [9.17, 15) is 14.4 Å². The van der Waals surface area contributed by atoms with E-state index in [0.717, 1.165) is 11.3 Å². The zero-order valence-corrected chi connectivity index (χ0v) is 12.1. The normalized spacial score (nSPS) is 10.7. The molecule has 0 unspecified atom stereocenters. The fraction of sp³-hybridized carbons (Fsp3) is 0.364. The van der Waals surface area contributed by atoms with Crippen molar-refractivity contribution in [1.29, 1.82) is 0 Å². The molecule has 5 N–H and O–H groups in total. The van der Waals surface area contributed by atoms with Crippen LogP contribution in [0.15, 0.2) is 19.8 Å². The number of nitrogen functional groups attached to an aromatic ring is 1. The summed E-state index contributed by atoms with van der Waals surface area (Å²) >= 11 is 1.02. The van der Waals surface area contributed by atoms with Crippen LogP contribution in [0.25, 0.3) is 0 Å². The Morgan fingerprint density at radius 3 is 2.76 bits per heavy atom. The van der Waals surface area contributed by atoms with Crippen LogP contribution in [-0.4, -0.2) is 28.3 Å². The minimum atomic E-state index is -0.608. The fourth-order valence-corrected chi connectivity index (χ4v) is 2.33. The van der Waals surface area contributed by atoms with Gasteiger partial charge in [-0.3, -0.25) is 19.1 Å². The average Bonchev–Trinajstić information content (AvgIpc) is 2.84. The van der Waals surface area contributed by atoms with E-state index in [1.807, 2.05) is 0 Å². The van der Waals surface area contributed by atoms with Crippen LogP contribution < -0.4 is 27.2 Å². The molecule has 0 amide bonds. The topological polar surface area (TPSA) is 135 Å². The molecule has 21 heavy (non-hydrogen) atoms. The highest BCUT2D eigenvalue weighted by atomic mass is 32.1. The minimum Gasteiger partial charge on any atom is -0.383 e. The molecule has 2 rings (SSSR count). The summed E-state index contributed by atoms with van der Waals surface area (Å²) in [6.45, 7) is 0.726. The van der Waals surface area contributed by atoms with Crippen molar-refractivity contribution in [2.75, 3.05) is 24.8 Å². The molecule has 0 aliphatic rings. The van der Waals surface area contributed by atoms with Gasteiger partial charge in [0.05, 0.1) is 19.7 Å². The maximum Gasteiger partial charge on any atom is 0.330 e. The van der Waals surface area contributed by atoms with Gasteiger partial charge in [-0.05, 0) is 0 Å². The lowest BCUT2D eigenvalue weighted by molar-refractivity contribution is 0.186. The predicted molar refractivity (Wildman–Crippen MR) is 79.9 cm³/mol. The van der Waals surface area contributed by atoms with Gasteiger partial charge in [0.15, 0.2) is 0 Å². The molecule has 0 aliphatic heterocycles. The molecule has 0 aromatic carbocycles. The van der Waals surface area contributed by atoms with Gasteiger partial charge < -0.3 is 20.8 Å². The number of hydrogen-bond donors (Lipinski definition) is 4. The summed E-state index contributed by atoms with van der Waals surface area (Å²) in [5.74, 6) is 0.0263. The molecule has 0 saturated heterocycles. The number of aromatic amines is 2. The minimum absolute atomic E-state index is 0.0263. The van der Waals surface area contributed by atoms with Crippen LogP contribution in [0, 0.1) is 0 Å². The highest BCUT2D eigenvalue weighted by Crippen LogP contribution is 2.11. The molecule has 0 radical (unpaired) electrons. The number of thiazole rings is 1. The summed E-state index contributed by atoms with van der Waals surface area (Å²) in [6, 6.07) is 0. The van der Waals surface area contributed by atoms with Crippen LogP contribution >= 0.6 is 11.3 Å². The van der Waals surface area contributed by atoms with E-state index in [2.05, 4.69) is 15.3 Å². The third-order valence-corrected chi connectivity index (χ3v) is 3.50. The van der Waals surface area contributed by atoms with E-state index in [4.69, 9.17) is 10.5 Å². The Labute approximate surface area is 122 Å². The summed E-state index contributed by atoms with van der Waals surface area (Å²) < 4.78 is 6.10. The SMILES string of the molecule is COCCn1c(N)c(NCc2csc(=O)[nH]2)c(=O)[nH]c1=O. The van der Waals surface area contributed by atoms with Gasteiger partial charge >= 0.3 is 10.6 Å². The van der Waals surface area contributed by atoms with E-state index in [0.29, 0.717) is 5.69 Å². The second kappa shape index (κ2) is 6.41. The highest BCUT2D eigenvalue weighted by Gasteiger charge is 2.12. The van der Waals surface area contributed by atoms with Gasteiger partial charge in [-0.25, -0.2) is 4.79 Å². The predicted octanol–water partition coefficient (Wildman–Crippen LogP) is -0.873. The number of methoxy groups -OCH3 is 1. The summed E-state index contributed by atoms with van der Waals surface area (Å²) in [5.41, 5.74) is 5.35. The number of nitrogens with one attached hydrogen (secondary N) is 3. The summed E-state index contributed by atoms with van der Waals surface area (Å²) in [4.78, 5) is 39.1. The number of hydrogen-bond acceptors (Lipinski definition) is 7. The Hall–Kier alpha value is -2.33. The Balaban J connectivity index is 2.28. The molecule has 0 atom stereocenters. The summed E-state index contributed by atoms with van der Waals surface area (Å²) in [5, 5.41) is 4.46. The molecule has 0 bridgehead atoms. The zero-order chi connectivity index (χ0) is 15.4. The van der Waals surface area contributed by atoms with Gasteiger partial charge in [0.25, 0.3) is 5.56 Å². The second-order valence-electron chi connectivity index (χ2n) is 4.19. The molecule has 0 saturated carbocycles. The van der Waals surface area contributed by atoms with E-state index in [-0.39, 0.29) is 36.1 Å². The Morgan fingerprint density at radius 2 is 2.14 bits per heavy atom. The molecule has 114 valence electrons. The van der Waals surface area contributed by atoms with Crippen LogP contribution in [0.4, 0.5) is 11.5 Å². The van der Waals surface area contributed by atoms with Crippen molar-refractivity contribution in [3.05, 3.63) is 41.6 Å². The lowest BCUT2D eigenvalue weighted by atomic mass is 10.4. The molecular weight excluding hydrogens is 298 g/mol. The lowest BCUT2D eigenvalue weighted by Crippen LogP contribution is -2.35. The first-order chi connectivity index (χ1) is 10.0. The van der Waals surface area contributed by atoms with E-state index < -0.39 is 11.2 Å². The van der Waals surface area contributed by atoms with Gasteiger partial charge in [0, 0.05) is 18.2 Å². The van der Waals surface area contributed by atoms with Crippen molar-refractivity contribution < 1.29 is 4.74 Å². The number of anilines is 2. The molecule has 10 heteroatoms. The molecular formula is C11H15N5O4S. The molecule has 0 aliphatic carbocycles. The van der Waals surface area contributed by atoms with E-state index in [1.165, 1.54) is 11.7 Å². The monoisotopic (exact) mass is 313 g/mol. The standard InChI is InChI=1S/C11H15N5O4S/c1-20-3-2-16-8(12)7(9(17)15-10(16)18)13-4-6-5-21-11(19)14-6/h5,13H,2-4,12H2,1H3,(H,14,19)(H,15,17,18). The molecule has 2 heterocycles. The summed E-state index contributed by atoms with van der Waals surface area (Å²) in [6.07, 6.45) is 0. The van der Waals surface area contributed by atoms with Gasteiger partial charge in [0.2, 0.25) is 0 Å². The fourth-order valence-electron chi connectivity index (χ4n) is 1.75. The van der Waals surface area contributed by atoms with Crippen LogP contribution in [0.2, 0.25) is 0 Å². The van der Waals surface area contributed by atoms with Gasteiger partial charge in [-0.2, -0.15) is 0 Å². The Morgan fingerprint density at radius 1 is 1.38 bits per heavy atom. The molecule has 0 spiro atoms. The largest absolute Gasteiger partial charge is 0.383 e. The Kier molecular flexibility index (Phi) is 4.60. The molecule has 0 fully saturated rings. The van der Waals surface area contributed by atoms with Crippen LogP contribution in [0.3, 0.4) is 0 Å². The van der Waals surface area contributed by atoms with Crippen molar-refractivity contribution in [2.45, 2.75) is 13.1 Å². The second-order valence-corrected chi connectivity index (χ2v) is 5.03. The van der Waals surface area contributed by atoms with Crippen LogP contribution in [-0.2, 0) is 17.8 Å². The number of aromatic nitrogens is 3. The van der Waals surface area contributed by atoms with Crippen molar-refractivity contribution in [3.8, 4) is 0 Å². The van der Waals surface area contributed by atoms with Crippen molar-refractivity contribution >= 4 is 22.8 Å². The smallest absolute Gasteiger partial charge is 0.330 e. The quantitative estimate of drug-likeness (QED) is 0.547. The molecule has 2 aromatic heterocycles. The first-order valence-electron chi connectivity index (χ1n) is 6.05. The first-order valence-corrected chi connectivity index (χ1v) is 6.93. The number of nitrogens with two attached hydrogens (primary N) is 1. The number of rotatable bonds is 6. The highest BCUT2D eigenvalue weighted by molar-refractivity contribution is 7.07. The third kappa shape index (κ3) is 3.41. The van der Waals surface area contributed by atoms with E-state index in [1.54, 1.807) is 5.38 Å². The van der Waals surface area contributed by atoms with Crippen molar-refractivity contribution in [3.63, 3.8) is 0 Å². The number of H-pyrrole nitrogens is 2. The average molecular weight is 313 g/mol. The van der Waals surface area contributed by atoms with Crippen LogP contribution in [0.1, 0.15) is 5.69 Å². The van der Waals surface area contributed by atoms with Gasteiger partial charge in [0.1, 0.15) is 11.5 Å². The van der Waals surface area contributed by atoms with Gasteiger partial charge in [-0.1, -0.05) is 11.3 Å². The maximum absolute atomic E-state index is 11.8. The number of ether oxygens (including phenoxy) is 1. The Bertz CT molecular complexity index is 787. The summed E-state index contributed by atoms with van der Waals surface area (Å²) in [7, 11) is 1.50. The van der Waals surface area contributed by atoms with Crippen molar-refractivity contribution in [1.82, 2.24) is 14.5 Å². The maximum atomic E-state index is 11.8. The van der Waals surface area contributed by atoms with Gasteiger partial charge in [-0.15, -0.1) is 0 Å². The molecule has 2 aromatic rings. The lowest BCUT2D eigenvalue weighted by Gasteiger charge is -2.13. The zero-order valence-electron chi connectivity index (χ0n) is 11.3.